The highest BCUT2D eigenvalue weighted by molar-refractivity contribution is 8.00. The van der Waals surface area contributed by atoms with Gasteiger partial charge in [-0.2, -0.15) is 0 Å². The molecule has 0 radical (unpaired) electrons. The lowest BCUT2D eigenvalue weighted by Crippen LogP contribution is -1.94. The molecule has 0 N–H and O–H groups in total. The van der Waals surface area contributed by atoms with Gasteiger partial charge in [0.1, 0.15) is 0 Å². The number of rotatable bonds is 6. The van der Waals surface area contributed by atoms with E-state index >= 15 is 0 Å². The van der Waals surface area contributed by atoms with Crippen molar-refractivity contribution >= 4 is 23.5 Å². The molecule has 2 aromatic heterocycles. The van der Waals surface area contributed by atoms with E-state index in [-0.39, 0.29) is 0 Å². The van der Waals surface area contributed by atoms with Crippen LogP contribution in [0.2, 0.25) is 0 Å². The molecule has 2 heterocycles. The van der Waals surface area contributed by atoms with E-state index in [1.165, 1.54) is 4.90 Å². The monoisotopic (exact) mass is 267 g/mol. The number of aromatic nitrogens is 5. The smallest absolute Gasteiger partial charge is 0.209 e. The van der Waals surface area contributed by atoms with Crippen LogP contribution in [0.4, 0.5) is 0 Å². The number of pyridine rings is 1. The third-order valence-electron chi connectivity index (χ3n) is 2.02. The predicted molar refractivity (Wildman–Crippen MR) is 69.1 cm³/mol. The second-order valence-corrected chi connectivity index (χ2v) is 5.55. The Kier molecular flexibility index (Phi) is 4.81. The number of thioether (sulfide) groups is 2. The van der Waals surface area contributed by atoms with Crippen molar-refractivity contribution in [2.24, 2.45) is 7.05 Å². The van der Waals surface area contributed by atoms with Gasteiger partial charge in [-0.05, 0) is 34.7 Å². The van der Waals surface area contributed by atoms with Gasteiger partial charge in [-0.15, -0.1) is 16.9 Å². The lowest BCUT2D eigenvalue weighted by molar-refractivity contribution is 0.664. The molecule has 0 aromatic carbocycles. The average Bonchev–Trinajstić information content (AvgIpc) is 2.76. The van der Waals surface area contributed by atoms with Crippen molar-refractivity contribution in [2.45, 2.75) is 16.5 Å². The molecule has 17 heavy (non-hydrogen) atoms. The third kappa shape index (κ3) is 4.01. The third-order valence-corrected chi connectivity index (χ3v) is 4.21. The molecule has 5 nitrogen and oxygen atoms in total. The topological polar surface area (TPSA) is 56.5 Å². The molecule has 2 aromatic rings. The maximum atomic E-state index is 3.99. The normalized spacial score (nSPS) is 10.6. The Bertz CT molecular complexity index is 445. The molecule has 0 spiro atoms. The largest absolute Gasteiger partial charge is 0.265 e. The van der Waals surface area contributed by atoms with Gasteiger partial charge in [0, 0.05) is 30.1 Å². The van der Waals surface area contributed by atoms with Gasteiger partial charge in [-0.1, -0.05) is 11.8 Å². The molecule has 0 fully saturated rings. The highest BCUT2D eigenvalue weighted by atomic mass is 32.2. The van der Waals surface area contributed by atoms with Crippen molar-refractivity contribution in [3.63, 3.8) is 0 Å². The Labute approximate surface area is 108 Å². The van der Waals surface area contributed by atoms with Crippen LogP contribution in [-0.2, 0) is 7.05 Å². The fraction of sp³-hybridized carbons (Fsp3) is 0.400. The molecule has 0 aliphatic heterocycles. The van der Waals surface area contributed by atoms with Gasteiger partial charge in [-0.3, -0.25) is 4.98 Å². The van der Waals surface area contributed by atoms with E-state index in [0.29, 0.717) is 0 Å². The van der Waals surface area contributed by atoms with Crippen LogP contribution < -0.4 is 0 Å². The Hall–Kier alpha value is -1.08. The van der Waals surface area contributed by atoms with E-state index in [0.717, 1.165) is 23.1 Å². The van der Waals surface area contributed by atoms with Gasteiger partial charge < -0.3 is 0 Å². The molecule has 0 aliphatic carbocycles. The van der Waals surface area contributed by atoms with Crippen LogP contribution in [0, 0.1) is 0 Å². The molecule has 0 amide bonds. The van der Waals surface area contributed by atoms with Crippen molar-refractivity contribution < 1.29 is 0 Å². The molecule has 0 bridgehead atoms. The van der Waals surface area contributed by atoms with Crippen LogP contribution in [0.3, 0.4) is 0 Å². The zero-order valence-corrected chi connectivity index (χ0v) is 11.1. The van der Waals surface area contributed by atoms with Crippen molar-refractivity contribution in [1.29, 1.82) is 0 Å². The summed E-state index contributed by atoms with van der Waals surface area (Å²) in [7, 11) is 1.86. The Morgan fingerprint density at radius 1 is 1.18 bits per heavy atom. The fourth-order valence-electron chi connectivity index (χ4n) is 1.19. The Balaban J connectivity index is 1.63. The van der Waals surface area contributed by atoms with E-state index in [1.807, 2.05) is 43.3 Å². The van der Waals surface area contributed by atoms with Crippen LogP contribution in [0.5, 0.6) is 0 Å². The van der Waals surface area contributed by atoms with Crippen LogP contribution in [0.15, 0.2) is 34.6 Å². The summed E-state index contributed by atoms with van der Waals surface area (Å²) in [5.74, 6) is 2.13. The highest BCUT2D eigenvalue weighted by Crippen LogP contribution is 2.20. The highest BCUT2D eigenvalue weighted by Gasteiger charge is 2.01. The Morgan fingerprint density at radius 2 is 1.94 bits per heavy atom. The number of hydrogen-bond acceptors (Lipinski definition) is 6. The van der Waals surface area contributed by atoms with E-state index < -0.39 is 0 Å². The van der Waals surface area contributed by atoms with Gasteiger partial charge in [0.2, 0.25) is 5.16 Å². The van der Waals surface area contributed by atoms with E-state index in [9.17, 15) is 0 Å². The maximum absolute atomic E-state index is 3.99. The first-order valence-corrected chi connectivity index (χ1v) is 7.21. The van der Waals surface area contributed by atoms with Crippen molar-refractivity contribution in [1.82, 2.24) is 25.2 Å². The summed E-state index contributed by atoms with van der Waals surface area (Å²) in [6.45, 7) is 0. The zero-order valence-electron chi connectivity index (χ0n) is 9.48. The first kappa shape index (κ1) is 12.4. The van der Waals surface area contributed by atoms with Crippen molar-refractivity contribution in [3.8, 4) is 0 Å². The van der Waals surface area contributed by atoms with Crippen LogP contribution >= 0.6 is 23.5 Å². The summed E-state index contributed by atoms with van der Waals surface area (Å²) in [4.78, 5) is 5.26. The Morgan fingerprint density at radius 3 is 2.65 bits per heavy atom. The zero-order chi connectivity index (χ0) is 11.9. The van der Waals surface area contributed by atoms with E-state index in [2.05, 4.69) is 20.5 Å². The summed E-state index contributed by atoms with van der Waals surface area (Å²) in [6, 6.07) is 4.06. The molecule has 0 saturated carbocycles. The molecule has 90 valence electrons. The van der Waals surface area contributed by atoms with Crippen LogP contribution in [0.25, 0.3) is 0 Å². The fourth-order valence-corrected chi connectivity index (χ4v) is 3.00. The second-order valence-electron chi connectivity index (χ2n) is 3.32. The molecule has 0 unspecified atom stereocenters. The lowest BCUT2D eigenvalue weighted by atomic mass is 10.5. The van der Waals surface area contributed by atoms with Gasteiger partial charge in [-0.25, -0.2) is 4.68 Å². The minimum atomic E-state index is 0.874. The van der Waals surface area contributed by atoms with Crippen LogP contribution in [0.1, 0.15) is 6.42 Å². The van der Waals surface area contributed by atoms with Gasteiger partial charge in [0.25, 0.3) is 0 Å². The lowest BCUT2D eigenvalue weighted by Gasteiger charge is -2.00. The van der Waals surface area contributed by atoms with Gasteiger partial charge in [0.15, 0.2) is 0 Å². The summed E-state index contributed by atoms with van der Waals surface area (Å²) >= 11 is 3.54. The summed E-state index contributed by atoms with van der Waals surface area (Å²) < 4.78 is 1.70. The number of hydrogen-bond donors (Lipinski definition) is 0. The quantitative estimate of drug-likeness (QED) is 0.588. The number of tetrazole rings is 1. The molecule has 0 saturated heterocycles. The molecule has 7 heteroatoms. The minimum absolute atomic E-state index is 0.874. The predicted octanol–water partition coefficient (Wildman–Crippen LogP) is 1.88. The number of aryl methyl sites for hydroxylation is 1. The van der Waals surface area contributed by atoms with Gasteiger partial charge >= 0.3 is 0 Å². The first-order chi connectivity index (χ1) is 8.36. The maximum Gasteiger partial charge on any atom is 0.209 e. The van der Waals surface area contributed by atoms with E-state index in [1.54, 1.807) is 16.4 Å². The van der Waals surface area contributed by atoms with Gasteiger partial charge in [0.05, 0.1) is 0 Å². The molecule has 2 rings (SSSR count). The SMILES string of the molecule is Cn1nnnc1SCCCSc1ccncc1. The standard InChI is InChI=1S/C10H13N5S2/c1-15-10(12-13-14-15)17-8-2-7-16-9-3-5-11-6-4-9/h3-6H,2,7-8H2,1H3. The first-order valence-electron chi connectivity index (χ1n) is 5.24. The van der Waals surface area contributed by atoms with E-state index in [4.69, 9.17) is 0 Å². The van der Waals surface area contributed by atoms with Crippen molar-refractivity contribution in [2.75, 3.05) is 11.5 Å². The van der Waals surface area contributed by atoms with Crippen molar-refractivity contribution in [3.05, 3.63) is 24.5 Å². The number of nitrogens with zero attached hydrogens (tertiary/aromatic N) is 5. The van der Waals surface area contributed by atoms with Crippen LogP contribution in [-0.4, -0.2) is 36.7 Å². The summed E-state index contributed by atoms with van der Waals surface area (Å²) in [5, 5.41) is 12.2. The minimum Gasteiger partial charge on any atom is -0.265 e. The molecule has 0 atom stereocenters. The summed E-state index contributed by atoms with van der Waals surface area (Å²) in [6.07, 6.45) is 4.77. The molecule has 0 aliphatic rings. The average molecular weight is 267 g/mol. The molecular weight excluding hydrogens is 254 g/mol. The molecular formula is C10H13N5S2. The summed E-state index contributed by atoms with van der Waals surface area (Å²) in [5.41, 5.74) is 0. The second kappa shape index (κ2) is 6.61.